The Bertz CT molecular complexity index is 190. The maximum absolute atomic E-state index is 9.31. The minimum atomic E-state index is -0.354. The van der Waals surface area contributed by atoms with E-state index in [1.165, 1.54) is 0 Å². The minimum Gasteiger partial charge on any atom is -0.392 e. The minimum absolute atomic E-state index is 0.272. The van der Waals surface area contributed by atoms with Gasteiger partial charge in [0.05, 0.1) is 25.9 Å². The second kappa shape index (κ2) is 4.14. The number of hydrogen-bond donors (Lipinski definition) is 1. The van der Waals surface area contributed by atoms with Crippen molar-refractivity contribution in [1.82, 2.24) is 4.90 Å². The predicted octanol–water partition coefficient (Wildman–Crippen LogP) is 0.206. The summed E-state index contributed by atoms with van der Waals surface area (Å²) in [5.74, 6) is -0.354. The van der Waals surface area contributed by atoms with Crippen molar-refractivity contribution in [2.24, 2.45) is 0 Å². The van der Waals surface area contributed by atoms with Crippen LogP contribution in [0.25, 0.3) is 0 Å². The molecule has 4 heteroatoms. The Kier molecular flexibility index (Phi) is 3.07. The summed E-state index contributed by atoms with van der Waals surface area (Å²) in [6, 6.07) is 0. The average molecular weight is 201 g/mol. The van der Waals surface area contributed by atoms with Crippen LogP contribution in [-0.4, -0.2) is 54.7 Å². The Morgan fingerprint density at radius 2 is 2.14 bits per heavy atom. The van der Waals surface area contributed by atoms with Gasteiger partial charge in [0.15, 0.2) is 5.79 Å². The topological polar surface area (TPSA) is 41.9 Å². The lowest BCUT2D eigenvalue weighted by molar-refractivity contribution is -0.191. The molecule has 82 valence electrons. The number of nitrogens with zero attached hydrogens (tertiary/aromatic N) is 1. The van der Waals surface area contributed by atoms with Crippen molar-refractivity contribution in [2.45, 2.75) is 31.7 Å². The third-order valence-corrected chi connectivity index (χ3v) is 2.83. The number of rotatable bonds is 2. The van der Waals surface area contributed by atoms with Crippen molar-refractivity contribution in [2.75, 3.05) is 32.8 Å². The number of β-amino-alcohol motifs (C(OH)–C–C–N with tert-alkyl or cyclic N) is 1. The van der Waals surface area contributed by atoms with E-state index in [0.717, 1.165) is 25.9 Å². The molecule has 1 atom stereocenters. The van der Waals surface area contributed by atoms with E-state index >= 15 is 0 Å². The Morgan fingerprint density at radius 3 is 2.79 bits per heavy atom. The first-order valence-corrected chi connectivity index (χ1v) is 5.39. The summed E-state index contributed by atoms with van der Waals surface area (Å²) in [5, 5.41) is 9.31. The number of likely N-dealkylation sites (tertiary alicyclic amines) is 1. The molecule has 0 aromatic heterocycles. The van der Waals surface area contributed by atoms with E-state index in [0.29, 0.717) is 19.8 Å². The van der Waals surface area contributed by atoms with Gasteiger partial charge in [0.25, 0.3) is 0 Å². The maximum atomic E-state index is 9.31. The van der Waals surface area contributed by atoms with Gasteiger partial charge < -0.3 is 14.6 Å². The third kappa shape index (κ3) is 2.25. The van der Waals surface area contributed by atoms with Gasteiger partial charge in [-0.3, -0.25) is 4.90 Å². The van der Waals surface area contributed by atoms with Crippen LogP contribution < -0.4 is 0 Å². The summed E-state index contributed by atoms with van der Waals surface area (Å²) in [6.45, 7) is 5.80. The molecule has 0 bridgehead atoms. The molecular formula is C10H19NO3. The Labute approximate surface area is 84.8 Å². The quantitative estimate of drug-likeness (QED) is 0.693. The lowest BCUT2D eigenvalue weighted by Gasteiger charge is -2.38. The summed E-state index contributed by atoms with van der Waals surface area (Å²) in [6.07, 6.45) is 1.81. The molecule has 0 saturated carbocycles. The molecule has 4 nitrogen and oxygen atoms in total. The molecule has 2 heterocycles. The summed E-state index contributed by atoms with van der Waals surface area (Å²) in [7, 11) is 0. The van der Waals surface area contributed by atoms with Crippen molar-refractivity contribution < 1.29 is 14.6 Å². The average Bonchev–Trinajstić information content (AvgIpc) is 2.52. The van der Waals surface area contributed by atoms with Gasteiger partial charge in [0.1, 0.15) is 0 Å². The highest BCUT2D eigenvalue weighted by Crippen LogP contribution is 2.29. The maximum Gasteiger partial charge on any atom is 0.181 e. The van der Waals surface area contributed by atoms with Crippen LogP contribution in [0.4, 0.5) is 0 Å². The lowest BCUT2D eigenvalue weighted by atomic mass is 10.0. The summed E-state index contributed by atoms with van der Waals surface area (Å²) < 4.78 is 11.3. The zero-order chi connectivity index (χ0) is 10.0. The van der Waals surface area contributed by atoms with Crippen LogP contribution in [0.1, 0.15) is 19.8 Å². The first-order valence-electron chi connectivity index (χ1n) is 5.39. The zero-order valence-electron chi connectivity index (χ0n) is 8.74. The van der Waals surface area contributed by atoms with Crippen molar-refractivity contribution >= 4 is 0 Å². The van der Waals surface area contributed by atoms with Crippen LogP contribution in [0, 0.1) is 0 Å². The predicted molar refractivity (Wildman–Crippen MR) is 52.0 cm³/mol. The van der Waals surface area contributed by atoms with Crippen molar-refractivity contribution in [3.05, 3.63) is 0 Å². The summed E-state index contributed by atoms with van der Waals surface area (Å²) in [5.41, 5.74) is 0. The number of aliphatic hydroxyl groups is 1. The Morgan fingerprint density at radius 1 is 1.43 bits per heavy atom. The van der Waals surface area contributed by atoms with E-state index in [-0.39, 0.29) is 11.9 Å². The third-order valence-electron chi connectivity index (χ3n) is 2.83. The molecule has 1 spiro atoms. The number of aliphatic hydroxyl groups excluding tert-OH is 1. The van der Waals surface area contributed by atoms with E-state index in [4.69, 9.17) is 9.47 Å². The van der Waals surface area contributed by atoms with E-state index in [1.807, 2.05) is 6.92 Å². The fraction of sp³-hybridized carbons (Fsp3) is 1.00. The normalized spacial score (nSPS) is 29.6. The van der Waals surface area contributed by atoms with Gasteiger partial charge in [0.2, 0.25) is 0 Å². The van der Waals surface area contributed by atoms with Crippen LogP contribution in [0.2, 0.25) is 0 Å². The highest BCUT2D eigenvalue weighted by Gasteiger charge is 2.40. The highest BCUT2D eigenvalue weighted by molar-refractivity contribution is 4.84. The molecule has 2 fully saturated rings. The molecule has 2 aliphatic rings. The van der Waals surface area contributed by atoms with Gasteiger partial charge in [0, 0.05) is 13.0 Å². The number of piperidine rings is 1. The first kappa shape index (κ1) is 10.4. The molecule has 2 rings (SSSR count). The SMILES string of the molecule is CC(O)CN1CCCC2(C1)OCCO2. The van der Waals surface area contributed by atoms with Crippen molar-refractivity contribution in [3.8, 4) is 0 Å². The van der Waals surface area contributed by atoms with E-state index in [1.54, 1.807) is 0 Å². The molecule has 0 aliphatic carbocycles. The smallest absolute Gasteiger partial charge is 0.181 e. The number of ether oxygens (including phenoxy) is 2. The fourth-order valence-corrected chi connectivity index (χ4v) is 2.33. The molecule has 2 aliphatic heterocycles. The van der Waals surface area contributed by atoms with Crippen molar-refractivity contribution in [3.63, 3.8) is 0 Å². The molecule has 0 amide bonds. The Balaban J connectivity index is 1.90. The van der Waals surface area contributed by atoms with Gasteiger partial charge in [-0.15, -0.1) is 0 Å². The first-order chi connectivity index (χ1) is 6.70. The van der Waals surface area contributed by atoms with Gasteiger partial charge in [-0.1, -0.05) is 0 Å². The second-order valence-electron chi connectivity index (χ2n) is 4.30. The van der Waals surface area contributed by atoms with Crippen LogP contribution in [0.5, 0.6) is 0 Å². The highest BCUT2D eigenvalue weighted by atomic mass is 16.7. The fourth-order valence-electron chi connectivity index (χ4n) is 2.33. The largest absolute Gasteiger partial charge is 0.392 e. The second-order valence-corrected chi connectivity index (χ2v) is 4.30. The van der Waals surface area contributed by atoms with E-state index in [2.05, 4.69) is 4.90 Å². The van der Waals surface area contributed by atoms with Crippen LogP contribution in [0.3, 0.4) is 0 Å². The molecule has 0 aromatic rings. The van der Waals surface area contributed by atoms with Crippen molar-refractivity contribution in [1.29, 1.82) is 0 Å². The molecular weight excluding hydrogens is 182 g/mol. The molecule has 1 unspecified atom stereocenters. The standard InChI is InChI=1S/C10H19NO3/c1-9(12)7-11-4-2-3-10(8-11)13-5-6-14-10/h9,12H,2-8H2,1H3. The van der Waals surface area contributed by atoms with Crippen LogP contribution in [0.15, 0.2) is 0 Å². The van der Waals surface area contributed by atoms with E-state index in [9.17, 15) is 5.11 Å². The zero-order valence-corrected chi connectivity index (χ0v) is 8.74. The summed E-state index contributed by atoms with van der Waals surface area (Å²) >= 11 is 0. The summed E-state index contributed by atoms with van der Waals surface area (Å²) in [4.78, 5) is 2.22. The monoisotopic (exact) mass is 201 g/mol. The van der Waals surface area contributed by atoms with Gasteiger partial charge in [-0.25, -0.2) is 0 Å². The van der Waals surface area contributed by atoms with Crippen LogP contribution in [-0.2, 0) is 9.47 Å². The number of hydrogen-bond acceptors (Lipinski definition) is 4. The Hall–Kier alpha value is -0.160. The molecule has 1 N–H and O–H groups in total. The molecule has 0 aromatic carbocycles. The van der Waals surface area contributed by atoms with Crippen LogP contribution >= 0.6 is 0 Å². The molecule has 0 radical (unpaired) electrons. The van der Waals surface area contributed by atoms with Gasteiger partial charge in [-0.05, 0) is 19.9 Å². The van der Waals surface area contributed by atoms with Gasteiger partial charge in [-0.2, -0.15) is 0 Å². The van der Waals surface area contributed by atoms with E-state index < -0.39 is 0 Å². The van der Waals surface area contributed by atoms with Gasteiger partial charge >= 0.3 is 0 Å². The molecule has 14 heavy (non-hydrogen) atoms. The lowest BCUT2D eigenvalue weighted by Crippen LogP contribution is -2.50. The molecule has 2 saturated heterocycles.